The minimum atomic E-state index is -0.0231. The smallest absolute Gasteiger partial charge is 0.317 e. The highest BCUT2D eigenvalue weighted by atomic mass is 35.5. The molecular weight excluding hydrogens is 354 g/mol. The summed E-state index contributed by atoms with van der Waals surface area (Å²) in [4.78, 5) is 24.6. The molecule has 0 unspecified atom stereocenters. The normalized spacial score (nSPS) is 17.1. The molecule has 0 spiro atoms. The first-order valence-corrected chi connectivity index (χ1v) is 9.00. The summed E-state index contributed by atoms with van der Waals surface area (Å²) in [7, 11) is 0. The van der Waals surface area contributed by atoms with Crippen molar-refractivity contribution in [2.45, 2.75) is 19.9 Å². The maximum Gasteiger partial charge on any atom is 0.317 e. The van der Waals surface area contributed by atoms with E-state index in [-0.39, 0.29) is 12.1 Å². The fourth-order valence-corrected chi connectivity index (χ4v) is 3.09. The largest absolute Gasteiger partial charge is 0.437 e. The highest BCUT2D eigenvalue weighted by molar-refractivity contribution is 6.32. The summed E-state index contributed by atoms with van der Waals surface area (Å²) in [5.74, 6) is 1.75. The number of nitrogens with one attached hydrogen (secondary N) is 1. The Hall–Kier alpha value is -2.54. The molecule has 1 atom stereocenters. The highest BCUT2D eigenvalue weighted by Gasteiger charge is 2.28. The Morgan fingerprint density at radius 1 is 1.35 bits per heavy atom. The number of anilines is 1. The Labute approximate surface area is 157 Å². The number of hydrogen-bond acceptors (Lipinski definition) is 5. The molecule has 2 aromatic rings. The van der Waals surface area contributed by atoms with E-state index in [0.717, 1.165) is 5.82 Å². The number of piperazine rings is 1. The fourth-order valence-electron chi connectivity index (χ4n) is 2.92. The van der Waals surface area contributed by atoms with E-state index in [1.165, 1.54) is 6.33 Å². The predicted octanol–water partition coefficient (Wildman–Crippen LogP) is 3.16. The molecule has 0 aliphatic carbocycles. The second-order valence-corrected chi connectivity index (χ2v) is 6.48. The van der Waals surface area contributed by atoms with E-state index >= 15 is 0 Å². The molecule has 1 N–H and O–H groups in total. The first kappa shape index (κ1) is 18.3. The topological polar surface area (TPSA) is 70.6 Å². The molecule has 1 aliphatic heterocycles. The van der Waals surface area contributed by atoms with Crippen molar-refractivity contribution in [3.8, 4) is 11.6 Å². The molecule has 7 nitrogen and oxygen atoms in total. The van der Waals surface area contributed by atoms with Crippen molar-refractivity contribution in [2.24, 2.45) is 0 Å². The average Bonchev–Trinajstić information content (AvgIpc) is 2.64. The van der Waals surface area contributed by atoms with Gasteiger partial charge in [-0.3, -0.25) is 0 Å². The maximum atomic E-state index is 12.1. The van der Waals surface area contributed by atoms with Crippen molar-refractivity contribution >= 4 is 23.4 Å². The number of para-hydroxylation sites is 1. The average molecular weight is 376 g/mol. The van der Waals surface area contributed by atoms with Crippen LogP contribution in [0.25, 0.3) is 0 Å². The predicted molar refractivity (Wildman–Crippen MR) is 101 cm³/mol. The molecule has 0 radical (unpaired) electrons. The molecule has 1 aliphatic rings. The van der Waals surface area contributed by atoms with E-state index in [2.05, 4.69) is 20.2 Å². The van der Waals surface area contributed by atoms with Crippen molar-refractivity contribution in [2.75, 3.05) is 31.1 Å². The summed E-state index contributed by atoms with van der Waals surface area (Å²) < 4.78 is 5.77. The summed E-state index contributed by atoms with van der Waals surface area (Å²) in [6.45, 7) is 6.60. The SMILES string of the molecule is CCNC(=O)N1CCN(c2cc(Oc3ccccc3Cl)ncn2)C[C@@H]1C. The molecule has 0 saturated carbocycles. The van der Waals surface area contributed by atoms with Crippen LogP contribution in [0.4, 0.5) is 10.6 Å². The lowest BCUT2D eigenvalue weighted by molar-refractivity contribution is 0.172. The van der Waals surface area contributed by atoms with Crippen molar-refractivity contribution < 1.29 is 9.53 Å². The van der Waals surface area contributed by atoms with Crippen LogP contribution in [0.5, 0.6) is 11.6 Å². The summed E-state index contributed by atoms with van der Waals surface area (Å²) in [6.07, 6.45) is 1.47. The van der Waals surface area contributed by atoms with Gasteiger partial charge in [0, 0.05) is 38.3 Å². The summed E-state index contributed by atoms with van der Waals surface area (Å²) in [5, 5.41) is 3.38. The van der Waals surface area contributed by atoms with E-state index in [1.807, 2.05) is 30.9 Å². The van der Waals surface area contributed by atoms with E-state index in [0.29, 0.717) is 42.8 Å². The monoisotopic (exact) mass is 375 g/mol. The Morgan fingerprint density at radius 2 is 2.15 bits per heavy atom. The number of amides is 2. The second kappa shape index (κ2) is 8.23. The minimum absolute atomic E-state index is 0.0231. The molecule has 1 aromatic carbocycles. The van der Waals surface area contributed by atoms with Crippen molar-refractivity contribution in [3.05, 3.63) is 41.7 Å². The zero-order valence-electron chi connectivity index (χ0n) is 14.9. The van der Waals surface area contributed by atoms with E-state index in [1.54, 1.807) is 18.2 Å². The molecule has 1 aromatic heterocycles. The summed E-state index contributed by atoms with van der Waals surface area (Å²) in [6, 6.07) is 9.10. The molecule has 3 rings (SSSR count). The maximum absolute atomic E-state index is 12.1. The Bertz CT molecular complexity index is 773. The number of rotatable bonds is 4. The molecule has 138 valence electrons. The highest BCUT2D eigenvalue weighted by Crippen LogP contribution is 2.29. The number of urea groups is 1. The van der Waals surface area contributed by atoms with Gasteiger partial charge in [-0.05, 0) is 26.0 Å². The number of aromatic nitrogens is 2. The Morgan fingerprint density at radius 3 is 2.88 bits per heavy atom. The van der Waals surface area contributed by atoms with Gasteiger partial charge in [-0.15, -0.1) is 0 Å². The molecule has 8 heteroatoms. The summed E-state index contributed by atoms with van der Waals surface area (Å²) in [5.41, 5.74) is 0. The van der Waals surface area contributed by atoms with Crippen molar-refractivity contribution in [1.82, 2.24) is 20.2 Å². The van der Waals surface area contributed by atoms with Crippen molar-refractivity contribution in [3.63, 3.8) is 0 Å². The Kier molecular flexibility index (Phi) is 5.78. The number of ether oxygens (including phenoxy) is 1. The van der Waals surface area contributed by atoms with Gasteiger partial charge >= 0.3 is 6.03 Å². The first-order chi connectivity index (χ1) is 12.6. The number of carbonyl (C=O) groups is 1. The van der Waals surface area contributed by atoms with Gasteiger partial charge in [0.15, 0.2) is 0 Å². The molecule has 26 heavy (non-hydrogen) atoms. The summed E-state index contributed by atoms with van der Waals surface area (Å²) >= 11 is 6.13. The molecule has 2 heterocycles. The quantitative estimate of drug-likeness (QED) is 0.888. The Balaban J connectivity index is 1.69. The van der Waals surface area contributed by atoms with E-state index < -0.39 is 0 Å². The first-order valence-electron chi connectivity index (χ1n) is 8.62. The van der Waals surface area contributed by atoms with Crippen LogP contribution in [0.2, 0.25) is 5.02 Å². The standard InChI is InChI=1S/C18H22ClN5O2/c1-3-20-18(25)24-9-8-23(11-13(24)2)16-10-17(22-12-21-16)26-15-7-5-4-6-14(15)19/h4-7,10,12-13H,3,8-9,11H2,1-2H3,(H,20,25)/t13-/m0/s1. The zero-order valence-corrected chi connectivity index (χ0v) is 15.6. The van der Waals surface area contributed by atoms with E-state index in [9.17, 15) is 4.79 Å². The van der Waals surface area contributed by atoms with Crippen LogP contribution in [0, 0.1) is 0 Å². The number of hydrogen-bond donors (Lipinski definition) is 1. The molecule has 2 amide bonds. The number of halogens is 1. The van der Waals surface area contributed by atoms with Gasteiger partial charge in [0.2, 0.25) is 5.88 Å². The van der Waals surface area contributed by atoms with Crippen LogP contribution in [-0.4, -0.2) is 53.1 Å². The van der Waals surface area contributed by atoms with Crippen LogP contribution < -0.4 is 15.0 Å². The zero-order chi connectivity index (χ0) is 18.5. The number of benzene rings is 1. The van der Waals surface area contributed by atoms with Gasteiger partial charge in [0.1, 0.15) is 17.9 Å². The lowest BCUT2D eigenvalue weighted by Crippen LogP contribution is -2.56. The number of nitrogens with zero attached hydrogens (tertiary/aromatic N) is 4. The van der Waals surface area contributed by atoms with Gasteiger partial charge in [-0.1, -0.05) is 23.7 Å². The van der Waals surface area contributed by atoms with Crippen LogP contribution in [0.3, 0.4) is 0 Å². The van der Waals surface area contributed by atoms with Gasteiger partial charge < -0.3 is 19.9 Å². The minimum Gasteiger partial charge on any atom is -0.437 e. The van der Waals surface area contributed by atoms with Crippen LogP contribution in [0.1, 0.15) is 13.8 Å². The fraction of sp³-hybridized carbons (Fsp3) is 0.389. The number of carbonyl (C=O) groups excluding carboxylic acids is 1. The third kappa shape index (κ3) is 4.16. The van der Waals surface area contributed by atoms with Crippen molar-refractivity contribution in [1.29, 1.82) is 0 Å². The molecular formula is C18H22ClN5O2. The molecule has 1 fully saturated rings. The van der Waals surface area contributed by atoms with Crippen LogP contribution in [-0.2, 0) is 0 Å². The van der Waals surface area contributed by atoms with Gasteiger partial charge in [-0.2, -0.15) is 0 Å². The van der Waals surface area contributed by atoms with Gasteiger partial charge in [-0.25, -0.2) is 14.8 Å². The third-order valence-corrected chi connectivity index (χ3v) is 4.53. The van der Waals surface area contributed by atoms with Gasteiger partial charge in [0.05, 0.1) is 5.02 Å². The second-order valence-electron chi connectivity index (χ2n) is 6.07. The third-order valence-electron chi connectivity index (χ3n) is 4.22. The van der Waals surface area contributed by atoms with Crippen LogP contribution >= 0.6 is 11.6 Å². The lowest BCUT2D eigenvalue weighted by Gasteiger charge is -2.40. The van der Waals surface area contributed by atoms with Gasteiger partial charge in [0.25, 0.3) is 0 Å². The van der Waals surface area contributed by atoms with E-state index in [4.69, 9.17) is 16.3 Å². The lowest BCUT2D eigenvalue weighted by atomic mass is 10.2. The molecule has 1 saturated heterocycles. The van der Waals surface area contributed by atoms with Crippen LogP contribution in [0.15, 0.2) is 36.7 Å². The molecule has 0 bridgehead atoms.